The zero-order valence-electron chi connectivity index (χ0n) is 10.9. The third-order valence-electron chi connectivity index (χ3n) is 2.78. The van der Waals surface area contributed by atoms with Gasteiger partial charge in [0.25, 0.3) is 5.69 Å². The van der Waals surface area contributed by atoms with Gasteiger partial charge in [-0.25, -0.2) is 0 Å². The van der Waals surface area contributed by atoms with E-state index >= 15 is 0 Å². The number of Topliss-reactive ketones (excluding diaryl/α,β-unsaturated/α-hetero) is 1. The predicted octanol–water partition coefficient (Wildman–Crippen LogP) is 3.48. The van der Waals surface area contributed by atoms with Crippen LogP contribution in [0.15, 0.2) is 35.0 Å². The van der Waals surface area contributed by atoms with Gasteiger partial charge in [-0.3, -0.25) is 14.9 Å². The first kappa shape index (κ1) is 14.2. The van der Waals surface area contributed by atoms with Crippen molar-refractivity contribution in [3.63, 3.8) is 0 Å². The lowest BCUT2D eigenvalue weighted by atomic mass is 10.1. The fourth-order valence-electron chi connectivity index (χ4n) is 1.75. The minimum atomic E-state index is -0.526. The van der Waals surface area contributed by atoms with Crippen molar-refractivity contribution in [2.24, 2.45) is 0 Å². The van der Waals surface area contributed by atoms with Crippen LogP contribution in [0.5, 0.6) is 5.75 Å². The van der Waals surface area contributed by atoms with Gasteiger partial charge in [0.1, 0.15) is 5.75 Å². The molecule has 5 nitrogen and oxygen atoms in total. The Kier molecular flexibility index (Phi) is 4.47. The molecule has 0 N–H and O–H groups in total. The summed E-state index contributed by atoms with van der Waals surface area (Å²) in [6.45, 7) is 1.79. The molecule has 0 aliphatic carbocycles. The zero-order valence-corrected chi connectivity index (χ0v) is 11.7. The Morgan fingerprint density at radius 3 is 2.80 bits per heavy atom. The molecule has 0 fully saturated rings. The maximum absolute atomic E-state index is 11.5. The molecule has 0 saturated carbocycles. The molecule has 0 aliphatic heterocycles. The second kappa shape index (κ2) is 6.29. The summed E-state index contributed by atoms with van der Waals surface area (Å²) in [5.74, 6) is 0.137. The minimum absolute atomic E-state index is 0.111. The zero-order chi connectivity index (χ0) is 14.5. The SMILES string of the molecule is CC(=O)c1cc([N+](=O)[O-])ccc1OCCc1ccsc1. The van der Waals surface area contributed by atoms with E-state index in [1.54, 1.807) is 11.3 Å². The Balaban J connectivity index is 2.10. The maximum Gasteiger partial charge on any atom is 0.270 e. The molecule has 2 aromatic rings. The first-order valence-electron chi connectivity index (χ1n) is 6.01. The number of carbonyl (C=O) groups is 1. The van der Waals surface area contributed by atoms with E-state index in [1.807, 2.05) is 16.8 Å². The van der Waals surface area contributed by atoms with E-state index in [0.717, 1.165) is 6.42 Å². The van der Waals surface area contributed by atoms with Gasteiger partial charge in [0, 0.05) is 18.6 Å². The quantitative estimate of drug-likeness (QED) is 0.464. The largest absolute Gasteiger partial charge is 0.492 e. The molecule has 20 heavy (non-hydrogen) atoms. The third kappa shape index (κ3) is 3.42. The number of ether oxygens (including phenoxy) is 1. The van der Waals surface area contributed by atoms with Crippen molar-refractivity contribution in [2.45, 2.75) is 13.3 Å². The molecule has 104 valence electrons. The molecule has 0 bridgehead atoms. The predicted molar refractivity (Wildman–Crippen MR) is 76.6 cm³/mol. The van der Waals surface area contributed by atoms with Crippen molar-refractivity contribution in [2.75, 3.05) is 6.61 Å². The molecule has 1 heterocycles. The van der Waals surface area contributed by atoms with E-state index in [-0.39, 0.29) is 17.0 Å². The van der Waals surface area contributed by atoms with Crippen LogP contribution in [0.3, 0.4) is 0 Å². The molecule has 6 heteroatoms. The molecule has 0 saturated heterocycles. The third-order valence-corrected chi connectivity index (χ3v) is 3.51. The van der Waals surface area contributed by atoms with E-state index in [4.69, 9.17) is 4.74 Å². The Labute approximate surface area is 120 Å². The summed E-state index contributed by atoms with van der Waals surface area (Å²) in [6, 6.07) is 6.08. The molecular formula is C14H13NO4S. The van der Waals surface area contributed by atoms with Crippen molar-refractivity contribution >= 4 is 22.8 Å². The smallest absolute Gasteiger partial charge is 0.270 e. The molecule has 0 atom stereocenters. The number of nitro groups is 1. The number of thiophene rings is 1. The van der Waals surface area contributed by atoms with Gasteiger partial charge in [0.05, 0.1) is 17.1 Å². The lowest BCUT2D eigenvalue weighted by molar-refractivity contribution is -0.384. The van der Waals surface area contributed by atoms with Crippen molar-refractivity contribution in [3.8, 4) is 5.75 Å². The van der Waals surface area contributed by atoms with Crippen LogP contribution in [-0.2, 0) is 6.42 Å². The number of rotatable bonds is 6. The summed E-state index contributed by atoms with van der Waals surface area (Å²) in [5, 5.41) is 14.7. The van der Waals surface area contributed by atoms with Crippen LogP contribution in [0, 0.1) is 10.1 Å². The van der Waals surface area contributed by atoms with E-state index < -0.39 is 4.92 Å². The van der Waals surface area contributed by atoms with Gasteiger partial charge < -0.3 is 4.74 Å². The summed E-state index contributed by atoms with van der Waals surface area (Å²) >= 11 is 1.61. The molecule has 0 amide bonds. The number of benzene rings is 1. The Morgan fingerprint density at radius 2 is 2.20 bits per heavy atom. The van der Waals surface area contributed by atoms with Crippen molar-refractivity contribution in [1.82, 2.24) is 0 Å². The molecular weight excluding hydrogens is 278 g/mol. The van der Waals surface area contributed by atoms with Crippen molar-refractivity contribution in [3.05, 3.63) is 56.3 Å². The van der Waals surface area contributed by atoms with Gasteiger partial charge in [-0.2, -0.15) is 11.3 Å². The van der Waals surface area contributed by atoms with Crippen LogP contribution < -0.4 is 4.74 Å². The number of hydrogen-bond acceptors (Lipinski definition) is 5. The highest BCUT2D eigenvalue weighted by atomic mass is 32.1. The first-order valence-corrected chi connectivity index (χ1v) is 6.95. The number of carbonyl (C=O) groups excluding carboxylic acids is 1. The standard InChI is InChI=1S/C14H13NO4S/c1-10(16)13-8-12(15(17)18)2-3-14(13)19-6-4-11-5-7-20-9-11/h2-3,5,7-9H,4,6H2,1H3. The maximum atomic E-state index is 11.5. The highest BCUT2D eigenvalue weighted by Crippen LogP contribution is 2.25. The second-order valence-electron chi connectivity index (χ2n) is 4.22. The van der Waals surface area contributed by atoms with Crippen LogP contribution in [0.4, 0.5) is 5.69 Å². The van der Waals surface area contributed by atoms with Crippen LogP contribution in [-0.4, -0.2) is 17.3 Å². The highest BCUT2D eigenvalue weighted by molar-refractivity contribution is 7.07. The first-order chi connectivity index (χ1) is 9.58. The number of ketones is 1. The van der Waals surface area contributed by atoms with Gasteiger partial charge >= 0.3 is 0 Å². The van der Waals surface area contributed by atoms with Crippen LogP contribution in [0.1, 0.15) is 22.8 Å². The Hall–Kier alpha value is -2.21. The van der Waals surface area contributed by atoms with Gasteiger partial charge in [0.15, 0.2) is 5.78 Å². The minimum Gasteiger partial charge on any atom is -0.492 e. The fourth-order valence-corrected chi connectivity index (χ4v) is 2.45. The monoisotopic (exact) mass is 291 g/mol. The number of hydrogen-bond donors (Lipinski definition) is 0. The number of nitro benzene ring substituents is 1. The van der Waals surface area contributed by atoms with Gasteiger partial charge in [0.2, 0.25) is 0 Å². The van der Waals surface area contributed by atoms with Gasteiger partial charge in [-0.05, 0) is 35.4 Å². The van der Waals surface area contributed by atoms with Crippen LogP contribution >= 0.6 is 11.3 Å². The molecule has 0 spiro atoms. The van der Waals surface area contributed by atoms with Gasteiger partial charge in [-0.15, -0.1) is 0 Å². The highest BCUT2D eigenvalue weighted by Gasteiger charge is 2.14. The Morgan fingerprint density at radius 1 is 1.40 bits per heavy atom. The fraction of sp³-hybridized carbons (Fsp3) is 0.214. The molecule has 0 unspecified atom stereocenters. The van der Waals surface area contributed by atoms with E-state index in [2.05, 4.69) is 0 Å². The van der Waals surface area contributed by atoms with Crippen LogP contribution in [0.25, 0.3) is 0 Å². The lowest BCUT2D eigenvalue weighted by Gasteiger charge is -2.09. The van der Waals surface area contributed by atoms with E-state index in [0.29, 0.717) is 12.4 Å². The molecule has 0 aliphatic rings. The summed E-state index contributed by atoms with van der Waals surface area (Å²) in [7, 11) is 0. The molecule has 2 rings (SSSR count). The number of non-ortho nitro benzene ring substituents is 1. The summed E-state index contributed by atoms with van der Waals surface area (Å²) in [4.78, 5) is 21.7. The van der Waals surface area contributed by atoms with Gasteiger partial charge in [-0.1, -0.05) is 0 Å². The lowest BCUT2D eigenvalue weighted by Crippen LogP contribution is -2.05. The summed E-state index contributed by atoms with van der Waals surface area (Å²) in [5.41, 5.74) is 1.30. The molecule has 0 radical (unpaired) electrons. The Bertz CT molecular complexity index is 622. The summed E-state index contributed by atoms with van der Waals surface area (Å²) in [6.07, 6.45) is 0.734. The van der Waals surface area contributed by atoms with E-state index in [1.165, 1.54) is 30.7 Å². The van der Waals surface area contributed by atoms with Crippen LogP contribution in [0.2, 0.25) is 0 Å². The average molecular weight is 291 g/mol. The normalized spacial score (nSPS) is 10.2. The topological polar surface area (TPSA) is 69.4 Å². The average Bonchev–Trinajstić information content (AvgIpc) is 2.91. The van der Waals surface area contributed by atoms with Crippen molar-refractivity contribution in [1.29, 1.82) is 0 Å². The van der Waals surface area contributed by atoms with E-state index in [9.17, 15) is 14.9 Å². The molecule has 1 aromatic carbocycles. The molecule has 1 aromatic heterocycles. The van der Waals surface area contributed by atoms with Crippen molar-refractivity contribution < 1.29 is 14.5 Å². The number of nitrogens with zero attached hydrogens (tertiary/aromatic N) is 1. The summed E-state index contributed by atoms with van der Waals surface area (Å²) < 4.78 is 5.57. The second-order valence-corrected chi connectivity index (χ2v) is 5.00.